The zero-order valence-electron chi connectivity index (χ0n) is 18.6. The first-order valence-corrected chi connectivity index (χ1v) is 12.5. The molecule has 1 aliphatic carbocycles. The smallest absolute Gasteiger partial charge is 0.260 e. The van der Waals surface area contributed by atoms with Crippen LogP contribution in [0, 0.1) is 16.4 Å². The normalized spacial score (nSPS) is 15.3. The Balaban J connectivity index is 2.05. The fraction of sp³-hybridized carbons (Fsp3) is 0.462. The first-order valence-electron chi connectivity index (χ1n) is 11.5. The fourth-order valence-electron chi connectivity index (χ4n) is 4.36. The molecule has 2 aromatic rings. The molecular formula is C26H33IN2O2. The minimum Gasteiger partial charge on any atom is -0.354 e. The van der Waals surface area contributed by atoms with Crippen molar-refractivity contribution >= 4 is 40.1 Å². The van der Waals surface area contributed by atoms with Crippen LogP contribution in [-0.4, -0.2) is 24.4 Å². The summed E-state index contributed by atoms with van der Waals surface area (Å²) in [5, 5.41) is 3.13. The molecule has 1 unspecified atom stereocenters. The van der Waals surface area contributed by atoms with Crippen LogP contribution in [0.5, 0.6) is 0 Å². The average Bonchev–Trinajstić information content (AvgIpc) is 2.79. The van der Waals surface area contributed by atoms with E-state index in [1.54, 1.807) is 4.90 Å². The lowest BCUT2D eigenvalue weighted by Crippen LogP contribution is -2.54. The van der Waals surface area contributed by atoms with Crippen molar-refractivity contribution in [2.45, 2.75) is 64.8 Å². The molecule has 0 spiro atoms. The van der Waals surface area contributed by atoms with Gasteiger partial charge in [-0.05, 0) is 79.0 Å². The lowest BCUT2D eigenvalue weighted by Gasteiger charge is -2.38. The molecule has 1 fully saturated rings. The summed E-state index contributed by atoms with van der Waals surface area (Å²) in [6.07, 6.45) is 7.36. The number of unbranched alkanes of at least 4 members (excludes halogenated alkanes) is 1. The standard InChI is InChI=1S/C26H33IN2O2/c1-3-4-18-28-25(30)24(20-10-6-5-7-11-20)29(21-16-14-19(2)15-17-21)26(31)22-12-8-9-13-23(22)27/h8-9,12-17,20,24H,3-7,10-11,18H2,1-2H3,(H,28,30). The van der Waals surface area contributed by atoms with Crippen molar-refractivity contribution in [2.24, 2.45) is 5.92 Å². The summed E-state index contributed by atoms with van der Waals surface area (Å²) < 4.78 is 0.899. The average molecular weight is 532 g/mol. The highest BCUT2D eigenvalue weighted by atomic mass is 127. The van der Waals surface area contributed by atoms with E-state index >= 15 is 0 Å². The van der Waals surface area contributed by atoms with E-state index in [0.717, 1.165) is 53.3 Å². The lowest BCUT2D eigenvalue weighted by atomic mass is 9.82. The van der Waals surface area contributed by atoms with Gasteiger partial charge in [0.2, 0.25) is 5.91 Å². The Morgan fingerprint density at radius 1 is 1.06 bits per heavy atom. The summed E-state index contributed by atoms with van der Waals surface area (Å²) >= 11 is 2.21. The Hall–Kier alpha value is -1.89. The molecule has 166 valence electrons. The maximum atomic E-state index is 13.9. The topological polar surface area (TPSA) is 49.4 Å². The molecule has 5 heteroatoms. The van der Waals surface area contributed by atoms with Crippen molar-refractivity contribution in [3.05, 3.63) is 63.2 Å². The van der Waals surface area contributed by atoms with Gasteiger partial charge in [-0.15, -0.1) is 0 Å². The van der Waals surface area contributed by atoms with Crippen LogP contribution >= 0.6 is 22.6 Å². The van der Waals surface area contributed by atoms with Crippen molar-refractivity contribution < 1.29 is 9.59 Å². The van der Waals surface area contributed by atoms with E-state index in [-0.39, 0.29) is 17.7 Å². The molecule has 4 nitrogen and oxygen atoms in total. The second-order valence-corrected chi connectivity index (χ2v) is 9.64. The lowest BCUT2D eigenvalue weighted by molar-refractivity contribution is -0.123. The Kier molecular flexibility index (Phi) is 8.93. The van der Waals surface area contributed by atoms with Crippen LogP contribution in [0.15, 0.2) is 48.5 Å². The molecule has 1 N–H and O–H groups in total. The van der Waals surface area contributed by atoms with E-state index < -0.39 is 6.04 Å². The number of nitrogens with zero attached hydrogens (tertiary/aromatic N) is 1. The Morgan fingerprint density at radius 3 is 2.39 bits per heavy atom. The molecule has 1 saturated carbocycles. The van der Waals surface area contributed by atoms with Crippen LogP contribution in [0.4, 0.5) is 5.69 Å². The van der Waals surface area contributed by atoms with Crippen LogP contribution < -0.4 is 10.2 Å². The zero-order valence-corrected chi connectivity index (χ0v) is 20.7. The highest BCUT2D eigenvalue weighted by Crippen LogP contribution is 2.33. The maximum absolute atomic E-state index is 13.9. The predicted molar refractivity (Wildman–Crippen MR) is 135 cm³/mol. The van der Waals surface area contributed by atoms with Gasteiger partial charge in [0.1, 0.15) is 6.04 Å². The molecule has 0 saturated heterocycles. The van der Waals surface area contributed by atoms with Gasteiger partial charge in [0.25, 0.3) is 5.91 Å². The number of benzene rings is 2. The number of carbonyl (C=O) groups excluding carboxylic acids is 2. The Morgan fingerprint density at radius 2 is 1.74 bits per heavy atom. The quantitative estimate of drug-likeness (QED) is 0.330. The summed E-state index contributed by atoms with van der Waals surface area (Å²) in [4.78, 5) is 29.2. The zero-order chi connectivity index (χ0) is 22.2. The molecule has 0 radical (unpaired) electrons. The molecule has 1 aliphatic rings. The second-order valence-electron chi connectivity index (χ2n) is 8.48. The van der Waals surface area contributed by atoms with E-state index in [2.05, 4.69) is 34.8 Å². The van der Waals surface area contributed by atoms with Gasteiger partial charge in [0, 0.05) is 15.8 Å². The number of rotatable bonds is 8. The molecule has 1 atom stereocenters. The molecule has 0 aromatic heterocycles. The van der Waals surface area contributed by atoms with E-state index in [0.29, 0.717) is 12.1 Å². The third kappa shape index (κ3) is 6.09. The predicted octanol–water partition coefficient (Wildman–Crippen LogP) is 6.11. The molecular weight excluding hydrogens is 499 g/mol. The van der Waals surface area contributed by atoms with E-state index in [9.17, 15) is 9.59 Å². The van der Waals surface area contributed by atoms with Crippen molar-refractivity contribution in [1.82, 2.24) is 5.32 Å². The SMILES string of the molecule is CCCCNC(=O)C(C1CCCCC1)N(C(=O)c1ccccc1I)c1ccc(C)cc1. The van der Waals surface area contributed by atoms with Gasteiger partial charge >= 0.3 is 0 Å². The van der Waals surface area contributed by atoms with Crippen LogP contribution in [0.25, 0.3) is 0 Å². The van der Waals surface area contributed by atoms with Crippen molar-refractivity contribution in [1.29, 1.82) is 0 Å². The third-order valence-corrected chi connectivity index (χ3v) is 7.05. The first-order chi connectivity index (χ1) is 15.0. The van der Waals surface area contributed by atoms with Gasteiger partial charge in [-0.25, -0.2) is 0 Å². The summed E-state index contributed by atoms with van der Waals surface area (Å²) in [6, 6.07) is 15.1. The second kappa shape index (κ2) is 11.7. The largest absolute Gasteiger partial charge is 0.354 e. The molecule has 2 aromatic carbocycles. The summed E-state index contributed by atoms with van der Waals surface area (Å²) in [7, 11) is 0. The molecule has 3 rings (SSSR count). The molecule has 2 amide bonds. The molecule has 0 bridgehead atoms. The first kappa shape index (κ1) is 23.8. The number of nitrogens with one attached hydrogen (secondary N) is 1. The molecule has 0 heterocycles. The number of halogens is 1. The third-order valence-electron chi connectivity index (χ3n) is 6.11. The minimum atomic E-state index is -0.497. The van der Waals surface area contributed by atoms with Gasteiger partial charge in [-0.1, -0.05) is 62.4 Å². The Labute approximate surface area is 199 Å². The number of aryl methyl sites for hydroxylation is 1. The number of carbonyl (C=O) groups is 2. The number of anilines is 1. The minimum absolute atomic E-state index is 0.0276. The van der Waals surface area contributed by atoms with Gasteiger partial charge in [-0.2, -0.15) is 0 Å². The van der Waals surface area contributed by atoms with Crippen LogP contribution in [0.2, 0.25) is 0 Å². The monoisotopic (exact) mass is 532 g/mol. The van der Waals surface area contributed by atoms with E-state index in [1.807, 2.05) is 55.5 Å². The number of hydrogen-bond acceptors (Lipinski definition) is 2. The van der Waals surface area contributed by atoms with Crippen LogP contribution in [-0.2, 0) is 4.79 Å². The molecule has 0 aliphatic heterocycles. The Bertz CT molecular complexity index is 875. The van der Waals surface area contributed by atoms with E-state index in [4.69, 9.17) is 0 Å². The van der Waals surface area contributed by atoms with Crippen LogP contribution in [0.1, 0.15) is 67.8 Å². The highest BCUT2D eigenvalue weighted by molar-refractivity contribution is 14.1. The maximum Gasteiger partial charge on any atom is 0.260 e. The van der Waals surface area contributed by atoms with Crippen molar-refractivity contribution in [2.75, 3.05) is 11.4 Å². The highest BCUT2D eigenvalue weighted by Gasteiger charge is 2.38. The van der Waals surface area contributed by atoms with Gasteiger partial charge in [-0.3, -0.25) is 14.5 Å². The summed E-state index contributed by atoms with van der Waals surface area (Å²) in [6.45, 7) is 4.80. The van der Waals surface area contributed by atoms with Crippen molar-refractivity contribution in [3.8, 4) is 0 Å². The fourth-order valence-corrected chi connectivity index (χ4v) is 4.98. The van der Waals surface area contributed by atoms with Crippen molar-refractivity contribution in [3.63, 3.8) is 0 Å². The molecule has 31 heavy (non-hydrogen) atoms. The van der Waals surface area contributed by atoms with Crippen LogP contribution in [0.3, 0.4) is 0 Å². The van der Waals surface area contributed by atoms with Gasteiger partial charge < -0.3 is 5.32 Å². The number of amides is 2. The van der Waals surface area contributed by atoms with E-state index in [1.165, 1.54) is 6.42 Å². The van der Waals surface area contributed by atoms with Gasteiger partial charge in [0.15, 0.2) is 0 Å². The number of hydrogen-bond donors (Lipinski definition) is 1. The van der Waals surface area contributed by atoms with Gasteiger partial charge in [0.05, 0.1) is 5.56 Å². The summed E-state index contributed by atoms with van der Waals surface area (Å²) in [5.74, 6) is 0.0392. The summed E-state index contributed by atoms with van der Waals surface area (Å²) in [5.41, 5.74) is 2.56.